The first kappa shape index (κ1) is 73.4. The minimum atomic E-state index is -1.91. The van der Waals surface area contributed by atoms with Gasteiger partial charge in [0, 0.05) is 19.3 Å². The minimum Gasteiger partial charge on any atom is -0.479 e. The third kappa shape index (κ3) is 44.7. The van der Waals surface area contributed by atoms with Gasteiger partial charge in [0.15, 0.2) is 24.6 Å². The fraction of sp³-hybridized carbons (Fsp3) is 0.791. The van der Waals surface area contributed by atoms with E-state index in [0.29, 0.717) is 19.3 Å². The molecule has 0 aliphatic carbocycles. The van der Waals surface area contributed by atoms with Crippen molar-refractivity contribution in [2.45, 2.75) is 327 Å². The molecule has 1 heterocycles. The summed E-state index contributed by atoms with van der Waals surface area (Å²) in [5.74, 6) is -3.14. The van der Waals surface area contributed by atoms with Crippen LogP contribution in [0.25, 0.3) is 0 Å². The van der Waals surface area contributed by atoms with Gasteiger partial charge in [0.05, 0.1) is 6.61 Å². The maximum Gasteiger partial charge on any atom is 0.335 e. The van der Waals surface area contributed by atoms with Gasteiger partial charge in [-0.1, -0.05) is 248 Å². The standard InChI is InChI=1S/C67H116O12/c1-4-7-10-13-16-19-22-25-27-29-30-32-34-37-40-43-46-49-52-55-61(70)78-65-63(72)62(71)64(66(73)74)79-67(65)76-57-58(77-60(69)54-51-48-45-42-39-35-24-21-18-15-12-9-6-3)56-75-59(68)53-50-47-44-41-38-36-33-31-28-26-23-20-17-14-11-8-5-2/h8,11,17,20-21,24,26,28,33,36,58,62-65,67,71-72H,4-7,9-10,12-16,18-19,22-23,25,27,29-32,34-35,37-57H2,1-3H3,(H,73,74)/b11-8-,20-17-,24-21-,28-26-,36-33-. The number of aliphatic hydroxyl groups is 2. The van der Waals surface area contributed by atoms with Gasteiger partial charge >= 0.3 is 23.9 Å². The van der Waals surface area contributed by atoms with E-state index in [-0.39, 0.29) is 25.9 Å². The van der Waals surface area contributed by atoms with E-state index in [1.54, 1.807) is 0 Å². The average Bonchev–Trinajstić information content (AvgIpc) is 3.47. The number of allylic oxidation sites excluding steroid dienone is 10. The number of carbonyl (C=O) groups is 4. The monoisotopic (exact) mass is 1110 g/mol. The number of hydrogen-bond donors (Lipinski definition) is 3. The van der Waals surface area contributed by atoms with E-state index in [1.807, 2.05) is 0 Å². The molecule has 0 amide bonds. The van der Waals surface area contributed by atoms with Crippen LogP contribution >= 0.6 is 0 Å². The number of aliphatic carboxylic acids is 1. The molecule has 0 aromatic heterocycles. The molecule has 1 aliphatic rings. The Balaban J connectivity index is 2.65. The van der Waals surface area contributed by atoms with E-state index in [4.69, 9.17) is 23.7 Å². The van der Waals surface area contributed by atoms with E-state index in [0.717, 1.165) is 116 Å². The Morgan fingerprint density at radius 2 is 0.797 bits per heavy atom. The molecule has 0 aromatic rings. The quantitative estimate of drug-likeness (QED) is 0.0228. The molecule has 456 valence electrons. The molecule has 6 atom stereocenters. The van der Waals surface area contributed by atoms with Crippen LogP contribution in [-0.2, 0) is 42.9 Å². The van der Waals surface area contributed by atoms with Crippen molar-refractivity contribution in [3.63, 3.8) is 0 Å². The normalized spacial score (nSPS) is 18.2. The molecule has 1 fully saturated rings. The van der Waals surface area contributed by atoms with Crippen LogP contribution < -0.4 is 0 Å². The van der Waals surface area contributed by atoms with Crippen LogP contribution in [0.4, 0.5) is 0 Å². The van der Waals surface area contributed by atoms with Gasteiger partial charge in [-0.3, -0.25) is 14.4 Å². The first-order valence-electron chi connectivity index (χ1n) is 32.3. The summed E-state index contributed by atoms with van der Waals surface area (Å²) in [6.07, 6.45) is 56.1. The predicted octanol–water partition coefficient (Wildman–Crippen LogP) is 17.1. The smallest absolute Gasteiger partial charge is 0.335 e. The van der Waals surface area contributed by atoms with Crippen LogP contribution in [0.2, 0.25) is 0 Å². The summed E-state index contributed by atoms with van der Waals surface area (Å²) in [6.45, 7) is 5.87. The van der Waals surface area contributed by atoms with Crippen molar-refractivity contribution in [1.82, 2.24) is 0 Å². The number of carbonyl (C=O) groups excluding carboxylic acids is 3. The van der Waals surface area contributed by atoms with E-state index >= 15 is 0 Å². The van der Waals surface area contributed by atoms with Gasteiger partial charge in [0.25, 0.3) is 0 Å². The Hall–Kier alpha value is -3.58. The lowest BCUT2D eigenvalue weighted by Gasteiger charge is -2.40. The van der Waals surface area contributed by atoms with Gasteiger partial charge in [0.1, 0.15) is 18.8 Å². The molecule has 1 aliphatic heterocycles. The zero-order chi connectivity index (χ0) is 57.5. The van der Waals surface area contributed by atoms with Crippen molar-refractivity contribution in [1.29, 1.82) is 0 Å². The van der Waals surface area contributed by atoms with Gasteiger partial charge in [-0.2, -0.15) is 0 Å². The lowest BCUT2D eigenvalue weighted by Crippen LogP contribution is -2.61. The molecule has 0 saturated carbocycles. The summed E-state index contributed by atoms with van der Waals surface area (Å²) in [5, 5.41) is 31.6. The number of esters is 3. The molecule has 0 radical (unpaired) electrons. The maximum atomic E-state index is 13.2. The summed E-state index contributed by atoms with van der Waals surface area (Å²) >= 11 is 0. The van der Waals surface area contributed by atoms with Crippen LogP contribution in [0.1, 0.15) is 290 Å². The Labute approximate surface area is 481 Å². The number of carboxylic acids is 1. The number of aliphatic hydroxyl groups excluding tert-OH is 2. The fourth-order valence-corrected chi connectivity index (χ4v) is 9.65. The average molecular weight is 1110 g/mol. The molecule has 1 saturated heterocycles. The lowest BCUT2D eigenvalue weighted by atomic mass is 9.98. The predicted molar refractivity (Wildman–Crippen MR) is 322 cm³/mol. The molecule has 0 spiro atoms. The largest absolute Gasteiger partial charge is 0.479 e. The number of ether oxygens (including phenoxy) is 5. The molecule has 1 rings (SSSR count). The Bertz CT molecular complexity index is 1600. The van der Waals surface area contributed by atoms with Crippen LogP contribution in [0.3, 0.4) is 0 Å². The topological polar surface area (TPSA) is 175 Å². The summed E-state index contributed by atoms with van der Waals surface area (Å²) in [7, 11) is 0. The molecule has 0 bridgehead atoms. The highest BCUT2D eigenvalue weighted by Crippen LogP contribution is 2.27. The first-order valence-corrected chi connectivity index (χ1v) is 32.3. The minimum absolute atomic E-state index is 0.0605. The van der Waals surface area contributed by atoms with E-state index < -0.39 is 67.3 Å². The molecular weight excluding hydrogens is 997 g/mol. The first-order chi connectivity index (χ1) is 38.6. The highest BCUT2D eigenvalue weighted by atomic mass is 16.7. The number of unbranched alkanes of at least 4 members (excludes halogenated alkanes) is 31. The molecule has 3 N–H and O–H groups in total. The Morgan fingerprint density at radius 1 is 0.430 bits per heavy atom. The van der Waals surface area contributed by atoms with Crippen molar-refractivity contribution in [2.75, 3.05) is 13.2 Å². The maximum absolute atomic E-state index is 13.2. The van der Waals surface area contributed by atoms with Crippen LogP contribution in [-0.4, -0.2) is 89.2 Å². The molecule has 0 aromatic carbocycles. The van der Waals surface area contributed by atoms with Gasteiger partial charge in [-0.05, 0) is 83.5 Å². The third-order valence-electron chi connectivity index (χ3n) is 14.6. The second-order valence-corrected chi connectivity index (χ2v) is 22.0. The van der Waals surface area contributed by atoms with E-state index in [1.165, 1.54) is 116 Å². The van der Waals surface area contributed by atoms with Crippen molar-refractivity contribution in [3.8, 4) is 0 Å². The SMILES string of the molecule is CC/C=C\C/C=C\C/C=C\C/C=C\CCCCCCC(=O)OCC(COC1OC(C(=O)O)C(O)C(O)C1OC(=O)CCCCCCCCCCCCCCCCCCCCC)OC(=O)CCCCCCC/C=C\CCCCCC. The van der Waals surface area contributed by atoms with Crippen molar-refractivity contribution < 1.29 is 58.2 Å². The van der Waals surface area contributed by atoms with Gasteiger partial charge in [0.2, 0.25) is 0 Å². The fourth-order valence-electron chi connectivity index (χ4n) is 9.65. The second kappa shape index (κ2) is 55.0. The Morgan fingerprint density at radius 3 is 1.24 bits per heavy atom. The summed E-state index contributed by atoms with van der Waals surface area (Å²) in [6, 6.07) is 0. The second-order valence-electron chi connectivity index (χ2n) is 22.0. The summed E-state index contributed by atoms with van der Waals surface area (Å²) < 4.78 is 28.5. The lowest BCUT2D eigenvalue weighted by molar-refractivity contribution is -0.301. The Kier molecular flexibility index (Phi) is 51.1. The zero-order valence-corrected chi connectivity index (χ0v) is 50.4. The van der Waals surface area contributed by atoms with Gasteiger partial charge in [-0.15, -0.1) is 0 Å². The van der Waals surface area contributed by atoms with Crippen molar-refractivity contribution >= 4 is 23.9 Å². The van der Waals surface area contributed by atoms with Crippen LogP contribution in [0, 0.1) is 0 Å². The van der Waals surface area contributed by atoms with E-state index in [9.17, 15) is 34.5 Å². The van der Waals surface area contributed by atoms with Crippen molar-refractivity contribution in [2.24, 2.45) is 0 Å². The van der Waals surface area contributed by atoms with Crippen LogP contribution in [0.5, 0.6) is 0 Å². The molecule has 12 nitrogen and oxygen atoms in total. The van der Waals surface area contributed by atoms with Crippen LogP contribution in [0.15, 0.2) is 60.8 Å². The van der Waals surface area contributed by atoms with E-state index in [2.05, 4.69) is 81.5 Å². The molecular formula is C67H116O12. The van der Waals surface area contributed by atoms with Gasteiger partial charge < -0.3 is 39.0 Å². The number of hydrogen-bond acceptors (Lipinski definition) is 11. The zero-order valence-electron chi connectivity index (χ0n) is 50.4. The third-order valence-corrected chi connectivity index (χ3v) is 14.6. The van der Waals surface area contributed by atoms with Crippen molar-refractivity contribution in [3.05, 3.63) is 60.8 Å². The number of carboxylic acid groups (broad SMARTS) is 1. The molecule has 6 unspecified atom stereocenters. The summed E-state index contributed by atoms with van der Waals surface area (Å²) in [4.78, 5) is 51.3. The number of rotatable bonds is 55. The highest BCUT2D eigenvalue weighted by molar-refractivity contribution is 5.74. The molecule has 12 heteroatoms. The van der Waals surface area contributed by atoms with Gasteiger partial charge in [-0.25, -0.2) is 4.79 Å². The summed E-state index contributed by atoms with van der Waals surface area (Å²) in [5.41, 5.74) is 0. The highest BCUT2D eigenvalue weighted by Gasteiger charge is 2.50. The molecule has 79 heavy (non-hydrogen) atoms.